The van der Waals surface area contributed by atoms with Crippen LogP contribution in [0.1, 0.15) is 6.42 Å². The smallest absolute Gasteiger partial charge is 0.332 e. The van der Waals surface area contributed by atoms with Gasteiger partial charge in [-0.2, -0.15) is 0 Å². The highest BCUT2D eigenvalue weighted by atomic mass is 16.4. The van der Waals surface area contributed by atoms with Crippen molar-refractivity contribution < 1.29 is 9.90 Å². The molecule has 2 aliphatic rings. The number of nitrogens with zero attached hydrogens (tertiary/aromatic N) is 3. The Kier molecular flexibility index (Phi) is 4.74. The number of hydrogen-bond donors (Lipinski definition) is 1. The summed E-state index contributed by atoms with van der Waals surface area (Å²) < 4.78 is 0. The standard InChI is InChI=1S/C13H23N3O2/c1-14-5-7-15(8-6-14)9-10-16-4-2-3-12(11-16)13(17)18/h3H,2,4-11H2,1H3,(H,17,18). The molecule has 0 amide bonds. The third-order valence-corrected chi connectivity index (χ3v) is 3.83. The van der Waals surface area contributed by atoms with E-state index in [0.29, 0.717) is 12.1 Å². The molecule has 0 aliphatic carbocycles. The molecule has 1 saturated heterocycles. The summed E-state index contributed by atoms with van der Waals surface area (Å²) in [5, 5.41) is 8.99. The summed E-state index contributed by atoms with van der Waals surface area (Å²) in [6, 6.07) is 0. The predicted octanol–water partition coefficient (Wildman–Crippen LogP) is -0.0495. The molecule has 18 heavy (non-hydrogen) atoms. The highest BCUT2D eigenvalue weighted by Gasteiger charge is 2.19. The van der Waals surface area contributed by atoms with Gasteiger partial charge in [-0.05, 0) is 13.5 Å². The van der Waals surface area contributed by atoms with Gasteiger partial charge in [0.2, 0.25) is 0 Å². The molecule has 0 spiro atoms. The van der Waals surface area contributed by atoms with Gasteiger partial charge >= 0.3 is 5.97 Å². The van der Waals surface area contributed by atoms with Gasteiger partial charge in [0.05, 0.1) is 0 Å². The first-order chi connectivity index (χ1) is 8.65. The van der Waals surface area contributed by atoms with Crippen LogP contribution < -0.4 is 0 Å². The maximum atomic E-state index is 10.9. The minimum absolute atomic E-state index is 0.555. The maximum Gasteiger partial charge on any atom is 0.332 e. The van der Waals surface area contributed by atoms with Crippen molar-refractivity contribution in [3.05, 3.63) is 11.6 Å². The summed E-state index contributed by atoms with van der Waals surface area (Å²) in [5.74, 6) is -0.765. The van der Waals surface area contributed by atoms with Crippen LogP contribution in [-0.4, -0.2) is 85.2 Å². The maximum absolute atomic E-state index is 10.9. The Morgan fingerprint density at radius 2 is 1.83 bits per heavy atom. The average molecular weight is 253 g/mol. The van der Waals surface area contributed by atoms with Crippen molar-refractivity contribution in [3.8, 4) is 0 Å². The SMILES string of the molecule is CN1CCN(CCN2CCC=C(C(=O)O)C2)CC1. The first kappa shape index (κ1) is 13.5. The van der Waals surface area contributed by atoms with Gasteiger partial charge in [0.1, 0.15) is 0 Å². The number of carboxylic acid groups (broad SMARTS) is 1. The van der Waals surface area contributed by atoms with Gasteiger partial charge in [-0.15, -0.1) is 0 Å². The second-order valence-electron chi connectivity index (χ2n) is 5.24. The zero-order chi connectivity index (χ0) is 13.0. The van der Waals surface area contributed by atoms with Crippen LogP contribution in [0, 0.1) is 0 Å². The van der Waals surface area contributed by atoms with E-state index in [4.69, 9.17) is 5.11 Å². The Hall–Kier alpha value is -0.910. The number of piperazine rings is 1. The van der Waals surface area contributed by atoms with Crippen LogP contribution >= 0.6 is 0 Å². The van der Waals surface area contributed by atoms with E-state index in [0.717, 1.165) is 52.2 Å². The fraction of sp³-hybridized carbons (Fsp3) is 0.769. The molecule has 2 rings (SSSR count). The van der Waals surface area contributed by atoms with E-state index >= 15 is 0 Å². The van der Waals surface area contributed by atoms with Crippen LogP contribution in [-0.2, 0) is 4.79 Å². The molecule has 5 nitrogen and oxygen atoms in total. The first-order valence-electron chi connectivity index (χ1n) is 6.71. The third kappa shape index (κ3) is 3.80. The number of carboxylic acids is 1. The monoisotopic (exact) mass is 253 g/mol. The molecule has 0 bridgehead atoms. The highest BCUT2D eigenvalue weighted by molar-refractivity contribution is 5.87. The Balaban J connectivity index is 1.71. The molecule has 0 aromatic carbocycles. The van der Waals surface area contributed by atoms with Crippen molar-refractivity contribution in [2.75, 3.05) is 59.4 Å². The summed E-state index contributed by atoms with van der Waals surface area (Å²) in [4.78, 5) is 18.0. The molecular formula is C13H23N3O2. The van der Waals surface area contributed by atoms with E-state index in [1.165, 1.54) is 0 Å². The molecule has 0 saturated carbocycles. The van der Waals surface area contributed by atoms with Gasteiger partial charge in [-0.1, -0.05) is 6.08 Å². The van der Waals surface area contributed by atoms with E-state index < -0.39 is 5.97 Å². The fourth-order valence-corrected chi connectivity index (χ4v) is 2.51. The quantitative estimate of drug-likeness (QED) is 0.761. The van der Waals surface area contributed by atoms with Crippen LogP contribution in [0.5, 0.6) is 0 Å². The lowest BCUT2D eigenvalue weighted by molar-refractivity contribution is -0.133. The van der Waals surface area contributed by atoms with Crippen molar-refractivity contribution in [2.45, 2.75) is 6.42 Å². The minimum atomic E-state index is -0.765. The molecule has 0 unspecified atom stereocenters. The van der Waals surface area contributed by atoms with Crippen LogP contribution in [0.2, 0.25) is 0 Å². The van der Waals surface area contributed by atoms with Crippen LogP contribution in [0.4, 0.5) is 0 Å². The second kappa shape index (κ2) is 6.31. The van der Waals surface area contributed by atoms with E-state index in [1.807, 2.05) is 6.08 Å². The van der Waals surface area contributed by atoms with Crippen molar-refractivity contribution in [3.63, 3.8) is 0 Å². The van der Waals surface area contributed by atoms with Crippen molar-refractivity contribution in [2.24, 2.45) is 0 Å². The molecule has 5 heteroatoms. The summed E-state index contributed by atoms with van der Waals surface area (Å²) >= 11 is 0. The Bertz CT molecular complexity index is 322. The lowest BCUT2D eigenvalue weighted by atomic mass is 10.1. The topological polar surface area (TPSA) is 47.0 Å². The van der Waals surface area contributed by atoms with E-state index in [9.17, 15) is 4.79 Å². The number of aliphatic carboxylic acids is 1. The molecule has 0 aromatic rings. The third-order valence-electron chi connectivity index (χ3n) is 3.83. The Morgan fingerprint density at radius 1 is 1.17 bits per heavy atom. The largest absolute Gasteiger partial charge is 0.478 e. The Morgan fingerprint density at radius 3 is 2.50 bits per heavy atom. The second-order valence-corrected chi connectivity index (χ2v) is 5.24. The van der Waals surface area contributed by atoms with Gasteiger partial charge < -0.3 is 10.0 Å². The summed E-state index contributed by atoms with van der Waals surface area (Å²) in [5.41, 5.74) is 0.555. The summed E-state index contributed by atoms with van der Waals surface area (Å²) in [6.07, 6.45) is 2.72. The zero-order valence-electron chi connectivity index (χ0n) is 11.1. The number of likely N-dealkylation sites (N-methyl/N-ethyl adjacent to an activating group) is 1. The molecule has 1 fully saturated rings. The van der Waals surface area contributed by atoms with E-state index in [2.05, 4.69) is 21.7 Å². The van der Waals surface area contributed by atoms with Gasteiger partial charge in [-0.25, -0.2) is 4.79 Å². The number of rotatable bonds is 4. The lowest BCUT2D eigenvalue weighted by Gasteiger charge is -2.34. The van der Waals surface area contributed by atoms with Crippen LogP contribution in [0.25, 0.3) is 0 Å². The Labute approximate surface area is 109 Å². The average Bonchev–Trinajstić information content (AvgIpc) is 2.38. The minimum Gasteiger partial charge on any atom is -0.478 e. The molecule has 2 aliphatic heterocycles. The number of hydrogen-bond acceptors (Lipinski definition) is 4. The lowest BCUT2D eigenvalue weighted by Crippen LogP contribution is -2.47. The highest BCUT2D eigenvalue weighted by Crippen LogP contribution is 2.10. The predicted molar refractivity (Wildman–Crippen MR) is 70.7 cm³/mol. The van der Waals surface area contributed by atoms with Gasteiger partial charge in [-0.3, -0.25) is 9.80 Å². The van der Waals surface area contributed by atoms with E-state index in [1.54, 1.807) is 0 Å². The van der Waals surface area contributed by atoms with Gasteiger partial charge in [0.15, 0.2) is 0 Å². The van der Waals surface area contributed by atoms with Crippen molar-refractivity contribution in [1.82, 2.24) is 14.7 Å². The van der Waals surface area contributed by atoms with Gasteiger partial charge in [0.25, 0.3) is 0 Å². The molecule has 1 N–H and O–H groups in total. The summed E-state index contributed by atoms with van der Waals surface area (Å²) in [6.45, 7) is 8.17. The number of carbonyl (C=O) groups is 1. The van der Waals surface area contributed by atoms with E-state index in [-0.39, 0.29) is 0 Å². The normalized spacial score (nSPS) is 23.9. The van der Waals surface area contributed by atoms with Crippen molar-refractivity contribution >= 4 is 5.97 Å². The zero-order valence-corrected chi connectivity index (χ0v) is 11.1. The van der Waals surface area contributed by atoms with Crippen LogP contribution in [0.3, 0.4) is 0 Å². The molecule has 102 valence electrons. The van der Waals surface area contributed by atoms with Crippen molar-refractivity contribution in [1.29, 1.82) is 0 Å². The fourth-order valence-electron chi connectivity index (χ4n) is 2.51. The first-order valence-corrected chi connectivity index (χ1v) is 6.71. The molecule has 2 heterocycles. The molecule has 0 radical (unpaired) electrons. The summed E-state index contributed by atoms with van der Waals surface area (Å²) in [7, 11) is 2.16. The van der Waals surface area contributed by atoms with Gasteiger partial charge in [0, 0.05) is 57.9 Å². The molecule has 0 aromatic heterocycles. The molecule has 0 atom stereocenters. The van der Waals surface area contributed by atoms with Crippen LogP contribution in [0.15, 0.2) is 11.6 Å². The molecular weight excluding hydrogens is 230 g/mol.